The fourth-order valence-corrected chi connectivity index (χ4v) is 1.46. The van der Waals surface area contributed by atoms with Crippen molar-refractivity contribution in [2.75, 3.05) is 13.7 Å². The van der Waals surface area contributed by atoms with Gasteiger partial charge in [0.2, 0.25) is 5.88 Å². The van der Waals surface area contributed by atoms with E-state index in [0.29, 0.717) is 23.8 Å². The molecular weight excluding hydrogens is 208 g/mol. The van der Waals surface area contributed by atoms with E-state index in [9.17, 15) is 0 Å². The van der Waals surface area contributed by atoms with E-state index in [0.717, 1.165) is 5.52 Å². The topological polar surface area (TPSA) is 97.0 Å². The summed E-state index contributed by atoms with van der Waals surface area (Å²) in [5.74, 6) is 1.14. The minimum Gasteiger partial charge on any atom is -0.481 e. The molecule has 0 saturated carbocycles. The van der Waals surface area contributed by atoms with Gasteiger partial charge in [-0.05, 0) is 12.5 Å². The summed E-state index contributed by atoms with van der Waals surface area (Å²) in [6.45, 7) is 0.0367. The molecule has 4 N–H and O–H groups in total. The molecule has 1 atom stereocenters. The van der Waals surface area contributed by atoms with Gasteiger partial charge in [-0.3, -0.25) is 0 Å². The average Bonchev–Trinajstić information content (AvgIpc) is 2.71. The van der Waals surface area contributed by atoms with E-state index < -0.39 is 0 Å². The number of nitrogens with zero attached hydrogens (tertiary/aromatic N) is 2. The standard InChI is InChI=1S/C10H14N4O2/c1-16-8-3-2-7-10(13-8)14-9(12-7)6(11)4-5-15/h2-3,6,15H,4-5,11H2,1H3,(H,12,13,14). The number of pyridine rings is 1. The first-order chi connectivity index (χ1) is 7.74. The number of H-pyrrole nitrogens is 1. The second kappa shape index (κ2) is 4.46. The zero-order chi connectivity index (χ0) is 11.5. The summed E-state index contributed by atoms with van der Waals surface area (Å²) in [7, 11) is 1.55. The predicted octanol–water partition coefficient (Wildman–Crippen LogP) is 0.349. The van der Waals surface area contributed by atoms with Gasteiger partial charge in [-0.25, -0.2) is 4.98 Å². The molecule has 0 aliphatic heterocycles. The van der Waals surface area contributed by atoms with Gasteiger partial charge < -0.3 is 20.6 Å². The van der Waals surface area contributed by atoms with E-state index in [1.807, 2.05) is 6.07 Å². The van der Waals surface area contributed by atoms with Gasteiger partial charge >= 0.3 is 0 Å². The number of aliphatic hydroxyl groups excluding tert-OH is 1. The molecule has 0 aliphatic carbocycles. The highest BCUT2D eigenvalue weighted by Gasteiger charge is 2.11. The highest BCUT2D eigenvalue weighted by Crippen LogP contribution is 2.17. The molecule has 2 aromatic heterocycles. The van der Waals surface area contributed by atoms with Crippen LogP contribution in [-0.2, 0) is 0 Å². The lowest BCUT2D eigenvalue weighted by molar-refractivity contribution is 0.275. The number of ether oxygens (including phenoxy) is 1. The minimum absolute atomic E-state index is 0.0367. The molecule has 0 amide bonds. The van der Waals surface area contributed by atoms with Gasteiger partial charge in [0.05, 0.1) is 18.7 Å². The molecule has 1 unspecified atom stereocenters. The molecule has 0 spiro atoms. The summed E-state index contributed by atoms with van der Waals surface area (Å²) in [6, 6.07) is 3.29. The molecule has 6 heteroatoms. The maximum atomic E-state index is 8.80. The number of nitrogens with two attached hydrogens (primary N) is 1. The maximum absolute atomic E-state index is 8.80. The Morgan fingerprint density at radius 3 is 3.00 bits per heavy atom. The van der Waals surface area contributed by atoms with Crippen molar-refractivity contribution in [3.8, 4) is 5.88 Å². The number of rotatable bonds is 4. The molecule has 0 saturated heterocycles. The molecule has 0 aromatic carbocycles. The highest BCUT2D eigenvalue weighted by atomic mass is 16.5. The van der Waals surface area contributed by atoms with Crippen LogP contribution in [0.3, 0.4) is 0 Å². The molecule has 16 heavy (non-hydrogen) atoms. The summed E-state index contributed by atoms with van der Waals surface area (Å²) in [5.41, 5.74) is 7.21. The van der Waals surface area contributed by atoms with Crippen LogP contribution in [0.4, 0.5) is 0 Å². The number of aromatic amines is 1. The zero-order valence-electron chi connectivity index (χ0n) is 8.97. The lowest BCUT2D eigenvalue weighted by Crippen LogP contribution is -2.13. The smallest absolute Gasteiger partial charge is 0.215 e. The molecule has 2 aromatic rings. The van der Waals surface area contributed by atoms with Crippen LogP contribution < -0.4 is 10.5 Å². The van der Waals surface area contributed by atoms with E-state index in [4.69, 9.17) is 15.6 Å². The average molecular weight is 222 g/mol. The van der Waals surface area contributed by atoms with E-state index in [-0.39, 0.29) is 12.6 Å². The molecule has 2 rings (SSSR count). The number of imidazole rings is 1. The van der Waals surface area contributed by atoms with Crippen molar-refractivity contribution < 1.29 is 9.84 Å². The zero-order valence-corrected chi connectivity index (χ0v) is 8.97. The van der Waals surface area contributed by atoms with Crippen molar-refractivity contribution in [2.45, 2.75) is 12.5 Å². The van der Waals surface area contributed by atoms with E-state index in [1.54, 1.807) is 13.2 Å². The molecule has 2 heterocycles. The van der Waals surface area contributed by atoms with E-state index in [2.05, 4.69) is 15.0 Å². The van der Waals surface area contributed by atoms with Crippen LogP contribution in [0.15, 0.2) is 12.1 Å². The van der Waals surface area contributed by atoms with Gasteiger partial charge in [-0.2, -0.15) is 4.98 Å². The third kappa shape index (κ3) is 1.98. The lowest BCUT2D eigenvalue weighted by Gasteiger charge is -2.04. The van der Waals surface area contributed by atoms with Crippen molar-refractivity contribution in [1.82, 2.24) is 15.0 Å². The van der Waals surface area contributed by atoms with Gasteiger partial charge in [0.15, 0.2) is 5.65 Å². The second-order valence-corrected chi connectivity index (χ2v) is 3.47. The third-order valence-corrected chi connectivity index (χ3v) is 2.34. The highest BCUT2D eigenvalue weighted by molar-refractivity contribution is 5.71. The van der Waals surface area contributed by atoms with Crippen LogP contribution in [0.1, 0.15) is 18.3 Å². The maximum Gasteiger partial charge on any atom is 0.215 e. The van der Waals surface area contributed by atoms with Crippen LogP contribution in [0.2, 0.25) is 0 Å². The summed E-state index contributed by atoms with van der Waals surface area (Å²) in [4.78, 5) is 11.5. The number of fused-ring (bicyclic) bond motifs is 1. The first-order valence-electron chi connectivity index (χ1n) is 5.01. The molecular formula is C10H14N4O2. The Labute approximate surface area is 92.5 Å². The summed E-state index contributed by atoms with van der Waals surface area (Å²) in [6.07, 6.45) is 0.469. The van der Waals surface area contributed by atoms with Crippen LogP contribution in [0.5, 0.6) is 5.88 Å². The molecule has 0 aliphatic rings. The number of nitrogens with one attached hydrogen (secondary N) is 1. The van der Waals surface area contributed by atoms with Gasteiger partial charge in [0.25, 0.3) is 0 Å². The van der Waals surface area contributed by atoms with Gasteiger partial charge in [0.1, 0.15) is 5.82 Å². The number of methoxy groups -OCH3 is 1. The van der Waals surface area contributed by atoms with Crippen LogP contribution in [0, 0.1) is 0 Å². The Morgan fingerprint density at radius 1 is 1.50 bits per heavy atom. The fraction of sp³-hybridized carbons (Fsp3) is 0.400. The summed E-state index contributed by atoms with van der Waals surface area (Å²) >= 11 is 0. The molecule has 0 bridgehead atoms. The lowest BCUT2D eigenvalue weighted by atomic mass is 10.2. The number of hydrogen-bond donors (Lipinski definition) is 3. The van der Waals surface area contributed by atoms with Crippen LogP contribution in [0.25, 0.3) is 11.2 Å². The Balaban J connectivity index is 2.35. The van der Waals surface area contributed by atoms with Crippen molar-refractivity contribution in [2.24, 2.45) is 5.73 Å². The normalized spacial score (nSPS) is 12.9. The molecule has 86 valence electrons. The SMILES string of the molecule is COc1ccc2[nH]c(C(N)CCO)nc2n1. The Hall–Kier alpha value is -1.66. The quantitative estimate of drug-likeness (QED) is 0.693. The van der Waals surface area contributed by atoms with Crippen molar-refractivity contribution in [3.05, 3.63) is 18.0 Å². The Kier molecular flexibility index (Phi) is 3.02. The van der Waals surface area contributed by atoms with Crippen molar-refractivity contribution in [3.63, 3.8) is 0 Å². The third-order valence-electron chi connectivity index (χ3n) is 2.34. The van der Waals surface area contributed by atoms with Crippen LogP contribution >= 0.6 is 0 Å². The number of aliphatic hydroxyl groups is 1. The second-order valence-electron chi connectivity index (χ2n) is 3.47. The summed E-state index contributed by atoms with van der Waals surface area (Å²) in [5, 5.41) is 8.80. The number of aromatic nitrogens is 3. The van der Waals surface area contributed by atoms with E-state index in [1.165, 1.54) is 0 Å². The minimum atomic E-state index is -0.301. The summed E-state index contributed by atoms with van der Waals surface area (Å²) < 4.78 is 5.00. The molecule has 0 fully saturated rings. The van der Waals surface area contributed by atoms with Crippen LogP contribution in [-0.4, -0.2) is 33.8 Å². The first-order valence-corrected chi connectivity index (χ1v) is 5.01. The number of hydrogen-bond acceptors (Lipinski definition) is 5. The first kappa shape index (κ1) is 10.8. The van der Waals surface area contributed by atoms with Gasteiger partial charge in [-0.15, -0.1) is 0 Å². The predicted molar refractivity (Wildman–Crippen MR) is 59.1 cm³/mol. The fourth-order valence-electron chi connectivity index (χ4n) is 1.46. The van der Waals surface area contributed by atoms with Crippen molar-refractivity contribution in [1.29, 1.82) is 0 Å². The largest absolute Gasteiger partial charge is 0.481 e. The monoisotopic (exact) mass is 222 g/mol. The molecule has 0 radical (unpaired) electrons. The van der Waals surface area contributed by atoms with Crippen molar-refractivity contribution >= 4 is 11.2 Å². The van der Waals surface area contributed by atoms with Gasteiger partial charge in [-0.1, -0.05) is 0 Å². The van der Waals surface area contributed by atoms with E-state index >= 15 is 0 Å². The Bertz CT molecular complexity index is 483. The molecule has 6 nitrogen and oxygen atoms in total. The van der Waals surface area contributed by atoms with Gasteiger partial charge in [0, 0.05) is 12.7 Å². The Morgan fingerprint density at radius 2 is 2.31 bits per heavy atom.